The highest BCUT2D eigenvalue weighted by Crippen LogP contribution is 2.66. The van der Waals surface area contributed by atoms with Gasteiger partial charge in [0.1, 0.15) is 6.10 Å². The fourth-order valence-electron chi connectivity index (χ4n) is 4.15. The molecule has 2 nitrogen and oxygen atoms in total. The molecule has 2 aliphatic carbocycles. The van der Waals surface area contributed by atoms with Crippen molar-refractivity contribution >= 4 is 18.6 Å². The zero-order valence-electron chi connectivity index (χ0n) is 12.3. The van der Waals surface area contributed by atoms with E-state index >= 15 is 0 Å². The normalized spacial score (nSPS) is 34.2. The van der Waals surface area contributed by atoms with Crippen molar-refractivity contribution in [1.29, 1.82) is 0 Å². The molecular formula is C17H22O2S. The minimum Gasteiger partial charge on any atom is -0.458 e. The van der Waals surface area contributed by atoms with Gasteiger partial charge in [0.05, 0.1) is 5.56 Å². The highest BCUT2D eigenvalue weighted by atomic mass is 32.1. The first-order chi connectivity index (χ1) is 9.36. The van der Waals surface area contributed by atoms with Gasteiger partial charge >= 0.3 is 5.97 Å². The summed E-state index contributed by atoms with van der Waals surface area (Å²) in [5, 5.41) is 0. The Bertz CT molecular complexity index is 552. The summed E-state index contributed by atoms with van der Waals surface area (Å²) in [5.41, 5.74) is 0.942. The summed E-state index contributed by atoms with van der Waals surface area (Å²) in [6, 6.07) is 7.33. The van der Waals surface area contributed by atoms with Crippen molar-refractivity contribution in [3.05, 3.63) is 29.8 Å². The Morgan fingerprint density at radius 1 is 1.30 bits per heavy atom. The van der Waals surface area contributed by atoms with Crippen LogP contribution in [0, 0.1) is 16.7 Å². The monoisotopic (exact) mass is 290 g/mol. The van der Waals surface area contributed by atoms with Crippen molar-refractivity contribution in [2.75, 3.05) is 0 Å². The van der Waals surface area contributed by atoms with Crippen LogP contribution in [0.4, 0.5) is 0 Å². The van der Waals surface area contributed by atoms with Gasteiger partial charge in [0.15, 0.2) is 0 Å². The topological polar surface area (TPSA) is 26.3 Å². The lowest BCUT2D eigenvalue weighted by Crippen LogP contribution is -2.38. The first-order valence-corrected chi connectivity index (χ1v) is 7.80. The second kappa shape index (κ2) is 4.52. The minimum absolute atomic E-state index is 0.0386. The van der Waals surface area contributed by atoms with E-state index in [1.165, 1.54) is 6.42 Å². The van der Waals surface area contributed by atoms with E-state index in [1.54, 1.807) is 6.07 Å². The number of rotatable bonds is 2. The van der Waals surface area contributed by atoms with Crippen LogP contribution in [-0.4, -0.2) is 12.1 Å². The van der Waals surface area contributed by atoms with E-state index in [0.717, 1.165) is 12.8 Å². The number of carbonyl (C=O) groups excluding carboxylic acids is 1. The molecule has 2 fully saturated rings. The first-order valence-electron chi connectivity index (χ1n) is 7.35. The molecule has 2 saturated carbocycles. The summed E-state index contributed by atoms with van der Waals surface area (Å²) in [4.78, 5) is 13.1. The van der Waals surface area contributed by atoms with E-state index in [0.29, 0.717) is 16.4 Å². The second-order valence-electron chi connectivity index (χ2n) is 7.02. The molecule has 0 amide bonds. The third kappa shape index (κ3) is 1.82. The molecule has 0 aliphatic heterocycles. The minimum atomic E-state index is -0.231. The number of carbonyl (C=O) groups is 1. The van der Waals surface area contributed by atoms with Crippen molar-refractivity contribution in [3.8, 4) is 0 Å². The summed E-state index contributed by atoms with van der Waals surface area (Å²) in [5.74, 6) is 0.446. The number of thiol groups is 1. The third-order valence-electron chi connectivity index (χ3n) is 6.09. The number of fused-ring (bicyclic) bond motifs is 2. The van der Waals surface area contributed by atoms with E-state index in [2.05, 4.69) is 33.4 Å². The van der Waals surface area contributed by atoms with Crippen LogP contribution >= 0.6 is 12.6 Å². The predicted molar refractivity (Wildman–Crippen MR) is 82.1 cm³/mol. The van der Waals surface area contributed by atoms with E-state index in [-0.39, 0.29) is 22.9 Å². The molecule has 0 spiro atoms. The van der Waals surface area contributed by atoms with Gasteiger partial charge in [0, 0.05) is 10.3 Å². The van der Waals surface area contributed by atoms with Crippen LogP contribution < -0.4 is 0 Å². The van der Waals surface area contributed by atoms with E-state index in [1.807, 2.05) is 18.2 Å². The maximum absolute atomic E-state index is 12.4. The Morgan fingerprint density at radius 3 is 2.55 bits per heavy atom. The predicted octanol–water partition coefficient (Wildman–Crippen LogP) is 4.35. The van der Waals surface area contributed by atoms with Crippen LogP contribution in [-0.2, 0) is 4.74 Å². The van der Waals surface area contributed by atoms with Gasteiger partial charge in [-0.25, -0.2) is 4.79 Å². The van der Waals surface area contributed by atoms with E-state index < -0.39 is 0 Å². The van der Waals surface area contributed by atoms with Gasteiger partial charge in [0.2, 0.25) is 0 Å². The molecular weight excluding hydrogens is 268 g/mol. The lowest BCUT2D eigenvalue weighted by Gasteiger charge is -2.38. The number of ether oxygens (including phenoxy) is 1. The molecule has 0 saturated heterocycles. The molecule has 0 heterocycles. The van der Waals surface area contributed by atoms with Crippen molar-refractivity contribution in [3.63, 3.8) is 0 Å². The van der Waals surface area contributed by atoms with E-state index in [9.17, 15) is 4.79 Å². The molecule has 3 atom stereocenters. The number of esters is 1. The van der Waals surface area contributed by atoms with Gasteiger partial charge < -0.3 is 4.74 Å². The fourth-order valence-corrected chi connectivity index (χ4v) is 4.40. The van der Waals surface area contributed by atoms with Crippen LogP contribution in [0.15, 0.2) is 29.2 Å². The molecule has 108 valence electrons. The fraction of sp³-hybridized carbons (Fsp3) is 0.588. The highest BCUT2D eigenvalue weighted by Gasteiger charge is 2.62. The molecule has 0 N–H and O–H groups in total. The quantitative estimate of drug-likeness (QED) is 0.647. The lowest BCUT2D eigenvalue weighted by molar-refractivity contribution is -0.0245. The molecule has 2 bridgehead atoms. The Balaban J connectivity index is 1.81. The molecule has 3 rings (SSSR count). The summed E-state index contributed by atoms with van der Waals surface area (Å²) >= 11 is 4.34. The maximum atomic E-state index is 12.4. The summed E-state index contributed by atoms with van der Waals surface area (Å²) in [6.45, 7) is 6.93. The van der Waals surface area contributed by atoms with Crippen LogP contribution in [0.5, 0.6) is 0 Å². The molecule has 3 unspecified atom stereocenters. The number of benzene rings is 1. The highest BCUT2D eigenvalue weighted by molar-refractivity contribution is 7.80. The summed E-state index contributed by atoms with van der Waals surface area (Å²) < 4.78 is 5.86. The van der Waals surface area contributed by atoms with Crippen molar-refractivity contribution in [2.45, 2.75) is 51.0 Å². The average molecular weight is 290 g/mol. The molecule has 0 aromatic heterocycles. The van der Waals surface area contributed by atoms with Crippen LogP contribution in [0.3, 0.4) is 0 Å². The van der Waals surface area contributed by atoms with Crippen molar-refractivity contribution < 1.29 is 9.53 Å². The van der Waals surface area contributed by atoms with Gasteiger partial charge in [-0.1, -0.05) is 32.9 Å². The molecule has 2 aliphatic rings. The molecule has 1 aromatic carbocycles. The Labute approximate surface area is 126 Å². The van der Waals surface area contributed by atoms with Gasteiger partial charge in [-0.3, -0.25) is 0 Å². The number of hydrogen-bond acceptors (Lipinski definition) is 3. The Hall–Kier alpha value is -0.960. The SMILES string of the molecule is CC1(C)C2CCC1(C)C(OC(=O)c1ccccc1S)C2. The Kier molecular flexibility index (Phi) is 3.16. The summed E-state index contributed by atoms with van der Waals surface area (Å²) in [6.07, 6.45) is 3.47. The molecule has 3 heteroatoms. The molecule has 20 heavy (non-hydrogen) atoms. The van der Waals surface area contributed by atoms with Crippen molar-refractivity contribution in [1.82, 2.24) is 0 Å². The molecule has 1 aromatic rings. The average Bonchev–Trinajstić information content (AvgIpc) is 2.72. The third-order valence-corrected chi connectivity index (χ3v) is 6.48. The Morgan fingerprint density at radius 2 is 2.00 bits per heavy atom. The van der Waals surface area contributed by atoms with Crippen LogP contribution in [0.25, 0.3) is 0 Å². The van der Waals surface area contributed by atoms with Crippen LogP contribution in [0.2, 0.25) is 0 Å². The molecule has 0 radical (unpaired) electrons. The smallest absolute Gasteiger partial charge is 0.339 e. The van der Waals surface area contributed by atoms with Gasteiger partial charge in [-0.15, -0.1) is 12.6 Å². The largest absolute Gasteiger partial charge is 0.458 e. The standard InChI is InChI=1S/C17H22O2S/c1-16(2)11-8-9-17(16,3)14(10-11)19-15(18)12-6-4-5-7-13(12)20/h4-7,11,14,20H,8-10H2,1-3H3. The first kappa shape index (κ1) is 14.0. The maximum Gasteiger partial charge on any atom is 0.339 e. The summed E-state index contributed by atoms with van der Waals surface area (Å²) in [7, 11) is 0. The van der Waals surface area contributed by atoms with Gasteiger partial charge in [0.25, 0.3) is 0 Å². The van der Waals surface area contributed by atoms with E-state index in [4.69, 9.17) is 4.74 Å². The van der Waals surface area contributed by atoms with Crippen molar-refractivity contribution in [2.24, 2.45) is 16.7 Å². The zero-order valence-corrected chi connectivity index (χ0v) is 13.2. The van der Waals surface area contributed by atoms with Gasteiger partial charge in [-0.2, -0.15) is 0 Å². The van der Waals surface area contributed by atoms with Crippen LogP contribution in [0.1, 0.15) is 50.4 Å². The van der Waals surface area contributed by atoms with Gasteiger partial charge in [-0.05, 0) is 42.7 Å². The zero-order chi connectivity index (χ0) is 14.5. The second-order valence-corrected chi connectivity index (χ2v) is 7.50. The number of hydrogen-bond donors (Lipinski definition) is 1. The lowest BCUT2D eigenvalue weighted by atomic mass is 9.70.